The lowest BCUT2D eigenvalue weighted by Crippen LogP contribution is -2.25. The van der Waals surface area contributed by atoms with Crippen LogP contribution in [0.1, 0.15) is 46.2 Å². The average Bonchev–Trinajstić information content (AvgIpc) is 2.73. The Labute approximate surface area is 166 Å². The summed E-state index contributed by atoms with van der Waals surface area (Å²) in [4.78, 5) is 36.5. The molecule has 0 amide bonds. The SMILES string of the molecule is CCCCn1nc(C(=O)Oc2ccc(C(=O)c3ccc(F)cc3)cc2)ccc1=O. The molecule has 0 saturated carbocycles. The largest absolute Gasteiger partial charge is 0.422 e. The van der Waals surface area contributed by atoms with Gasteiger partial charge in [0, 0.05) is 23.7 Å². The lowest BCUT2D eigenvalue weighted by atomic mass is 10.0. The van der Waals surface area contributed by atoms with Crippen LogP contribution in [0.3, 0.4) is 0 Å². The number of aromatic nitrogens is 2. The highest BCUT2D eigenvalue weighted by Crippen LogP contribution is 2.17. The molecule has 29 heavy (non-hydrogen) atoms. The number of ether oxygens (including phenoxy) is 1. The maximum absolute atomic E-state index is 13.0. The van der Waals surface area contributed by atoms with E-state index in [0.717, 1.165) is 12.8 Å². The summed E-state index contributed by atoms with van der Waals surface area (Å²) in [6.45, 7) is 2.42. The third kappa shape index (κ3) is 5.01. The summed E-state index contributed by atoms with van der Waals surface area (Å²) in [6, 6.07) is 13.9. The molecule has 3 aromatic rings. The minimum absolute atomic E-state index is 0.0205. The molecule has 0 fully saturated rings. The van der Waals surface area contributed by atoms with Crippen LogP contribution >= 0.6 is 0 Å². The predicted octanol–water partition coefficient (Wildman–Crippen LogP) is 3.63. The zero-order valence-electron chi connectivity index (χ0n) is 15.8. The summed E-state index contributed by atoms with van der Waals surface area (Å²) >= 11 is 0. The molecular weight excluding hydrogens is 375 g/mol. The van der Waals surface area contributed by atoms with Crippen molar-refractivity contribution in [2.45, 2.75) is 26.3 Å². The fourth-order valence-corrected chi connectivity index (χ4v) is 2.63. The Morgan fingerprint density at radius 2 is 1.59 bits per heavy atom. The van der Waals surface area contributed by atoms with Crippen LogP contribution in [0.2, 0.25) is 0 Å². The van der Waals surface area contributed by atoms with Crippen molar-refractivity contribution in [3.8, 4) is 5.75 Å². The van der Waals surface area contributed by atoms with E-state index in [1.807, 2.05) is 6.92 Å². The summed E-state index contributed by atoms with van der Waals surface area (Å²) in [5.41, 5.74) is 0.475. The van der Waals surface area contributed by atoms with E-state index in [2.05, 4.69) is 5.10 Å². The third-order valence-electron chi connectivity index (χ3n) is 4.23. The Balaban J connectivity index is 1.71. The van der Waals surface area contributed by atoms with E-state index in [9.17, 15) is 18.8 Å². The summed E-state index contributed by atoms with van der Waals surface area (Å²) < 4.78 is 19.5. The molecule has 0 radical (unpaired) electrons. The second-order valence-corrected chi connectivity index (χ2v) is 6.38. The second-order valence-electron chi connectivity index (χ2n) is 6.38. The number of carbonyl (C=O) groups excluding carboxylic acids is 2. The first kappa shape index (κ1) is 20.1. The maximum Gasteiger partial charge on any atom is 0.364 e. The molecule has 6 nitrogen and oxygen atoms in total. The molecule has 148 valence electrons. The number of hydrogen-bond acceptors (Lipinski definition) is 5. The fourth-order valence-electron chi connectivity index (χ4n) is 2.63. The van der Waals surface area contributed by atoms with Gasteiger partial charge in [0.1, 0.15) is 11.6 Å². The highest BCUT2D eigenvalue weighted by molar-refractivity contribution is 6.09. The van der Waals surface area contributed by atoms with Crippen LogP contribution in [-0.4, -0.2) is 21.5 Å². The zero-order valence-corrected chi connectivity index (χ0v) is 15.8. The van der Waals surface area contributed by atoms with Crippen molar-refractivity contribution in [3.05, 3.63) is 93.7 Å². The van der Waals surface area contributed by atoms with Gasteiger partial charge >= 0.3 is 5.97 Å². The molecule has 0 atom stereocenters. The van der Waals surface area contributed by atoms with Crippen LogP contribution in [0, 0.1) is 5.82 Å². The van der Waals surface area contributed by atoms with E-state index >= 15 is 0 Å². The van der Waals surface area contributed by atoms with Crippen molar-refractivity contribution in [2.24, 2.45) is 0 Å². The average molecular weight is 394 g/mol. The van der Waals surface area contributed by atoms with E-state index in [4.69, 9.17) is 4.74 Å². The molecule has 0 aliphatic heterocycles. The van der Waals surface area contributed by atoms with E-state index in [1.165, 1.54) is 65.3 Å². The monoisotopic (exact) mass is 394 g/mol. The number of benzene rings is 2. The Kier molecular flexibility index (Phi) is 6.29. The molecule has 2 aromatic carbocycles. The van der Waals surface area contributed by atoms with Crippen LogP contribution in [0.25, 0.3) is 0 Å². The molecule has 0 aliphatic rings. The normalized spacial score (nSPS) is 10.6. The molecule has 0 unspecified atom stereocenters. The Morgan fingerprint density at radius 1 is 0.966 bits per heavy atom. The van der Waals surface area contributed by atoms with Gasteiger partial charge in [0.25, 0.3) is 5.56 Å². The number of unbranched alkanes of at least 4 members (excludes halogenated alkanes) is 1. The number of aryl methyl sites for hydroxylation is 1. The van der Waals surface area contributed by atoms with E-state index in [-0.39, 0.29) is 22.8 Å². The first-order chi connectivity index (χ1) is 14.0. The number of rotatable bonds is 7. The summed E-state index contributed by atoms with van der Waals surface area (Å²) in [6.07, 6.45) is 1.67. The van der Waals surface area contributed by atoms with Crippen LogP contribution in [0.5, 0.6) is 5.75 Å². The number of halogens is 1. The number of ketones is 1. The molecule has 7 heteroatoms. The van der Waals surface area contributed by atoms with Gasteiger partial charge in [0.05, 0.1) is 0 Å². The first-order valence-corrected chi connectivity index (χ1v) is 9.18. The molecule has 0 saturated heterocycles. The van der Waals surface area contributed by atoms with Crippen molar-refractivity contribution in [1.29, 1.82) is 0 Å². The highest BCUT2D eigenvalue weighted by atomic mass is 19.1. The van der Waals surface area contributed by atoms with Gasteiger partial charge in [0.2, 0.25) is 0 Å². The van der Waals surface area contributed by atoms with Gasteiger partial charge in [-0.2, -0.15) is 5.10 Å². The highest BCUT2D eigenvalue weighted by Gasteiger charge is 2.14. The number of esters is 1. The smallest absolute Gasteiger partial charge is 0.364 e. The molecule has 0 spiro atoms. The van der Waals surface area contributed by atoms with E-state index in [0.29, 0.717) is 17.7 Å². The quantitative estimate of drug-likeness (QED) is 0.347. The van der Waals surface area contributed by atoms with E-state index < -0.39 is 11.8 Å². The fraction of sp³-hybridized carbons (Fsp3) is 0.182. The Bertz CT molecular complexity index is 1070. The molecule has 1 heterocycles. The molecule has 0 bridgehead atoms. The first-order valence-electron chi connectivity index (χ1n) is 9.18. The summed E-state index contributed by atoms with van der Waals surface area (Å²) in [5.74, 6) is -1.15. The lowest BCUT2D eigenvalue weighted by molar-refractivity contribution is 0.0725. The van der Waals surface area contributed by atoms with Crippen LogP contribution in [0.15, 0.2) is 65.5 Å². The minimum atomic E-state index is -0.701. The molecular formula is C22H19FN2O4. The van der Waals surface area contributed by atoms with Crippen molar-refractivity contribution in [2.75, 3.05) is 0 Å². The number of carbonyl (C=O) groups is 2. The molecule has 3 rings (SSSR count). The topological polar surface area (TPSA) is 78.3 Å². The number of nitrogens with zero attached hydrogens (tertiary/aromatic N) is 2. The minimum Gasteiger partial charge on any atom is -0.422 e. The van der Waals surface area contributed by atoms with Crippen LogP contribution in [-0.2, 0) is 6.54 Å². The van der Waals surface area contributed by atoms with Crippen molar-refractivity contribution < 1.29 is 18.7 Å². The molecule has 0 N–H and O–H groups in total. The van der Waals surface area contributed by atoms with Crippen molar-refractivity contribution >= 4 is 11.8 Å². The Hall–Kier alpha value is -3.61. The zero-order chi connectivity index (χ0) is 20.8. The van der Waals surface area contributed by atoms with Crippen molar-refractivity contribution in [3.63, 3.8) is 0 Å². The van der Waals surface area contributed by atoms with Gasteiger partial charge in [-0.3, -0.25) is 9.59 Å². The lowest BCUT2D eigenvalue weighted by Gasteiger charge is -2.07. The van der Waals surface area contributed by atoms with Gasteiger partial charge < -0.3 is 4.74 Å². The van der Waals surface area contributed by atoms with E-state index in [1.54, 1.807) is 0 Å². The third-order valence-corrected chi connectivity index (χ3v) is 4.23. The number of hydrogen-bond donors (Lipinski definition) is 0. The van der Waals surface area contributed by atoms with Gasteiger partial charge in [0.15, 0.2) is 11.5 Å². The molecule has 1 aromatic heterocycles. The second kappa shape index (κ2) is 9.05. The maximum atomic E-state index is 13.0. The Morgan fingerprint density at radius 3 is 2.21 bits per heavy atom. The van der Waals surface area contributed by atoms with Crippen LogP contribution < -0.4 is 10.3 Å². The van der Waals surface area contributed by atoms with Gasteiger partial charge in [-0.15, -0.1) is 0 Å². The van der Waals surface area contributed by atoms with Gasteiger partial charge in [-0.25, -0.2) is 13.9 Å². The van der Waals surface area contributed by atoms with Crippen molar-refractivity contribution in [1.82, 2.24) is 9.78 Å². The van der Waals surface area contributed by atoms with Crippen LogP contribution in [0.4, 0.5) is 4.39 Å². The molecule has 0 aliphatic carbocycles. The summed E-state index contributed by atoms with van der Waals surface area (Å²) in [5, 5.41) is 4.04. The van der Waals surface area contributed by atoms with Gasteiger partial charge in [-0.05, 0) is 61.0 Å². The van der Waals surface area contributed by atoms with Gasteiger partial charge in [-0.1, -0.05) is 13.3 Å². The predicted molar refractivity (Wildman–Crippen MR) is 105 cm³/mol. The summed E-state index contributed by atoms with van der Waals surface area (Å²) in [7, 11) is 0. The standard InChI is InChI=1S/C22H19FN2O4/c1-2-3-14-25-20(26)13-12-19(24-25)22(28)29-18-10-6-16(7-11-18)21(27)15-4-8-17(23)9-5-15/h4-13H,2-3,14H2,1H3.